The van der Waals surface area contributed by atoms with Crippen LogP contribution in [-0.2, 0) is 14.9 Å². The van der Waals surface area contributed by atoms with Crippen LogP contribution in [-0.4, -0.2) is 42.5 Å². The lowest BCUT2D eigenvalue weighted by Crippen LogP contribution is -3.19. The summed E-state index contributed by atoms with van der Waals surface area (Å²) in [5.41, 5.74) is 1.98. The van der Waals surface area contributed by atoms with Gasteiger partial charge in [-0.05, 0) is 37.0 Å². The van der Waals surface area contributed by atoms with E-state index >= 15 is 0 Å². The Morgan fingerprint density at radius 1 is 1.39 bits per heavy atom. The highest BCUT2D eigenvalue weighted by atomic mass is 16.5. The third-order valence-corrected chi connectivity index (χ3v) is 8.01. The van der Waals surface area contributed by atoms with Crippen molar-refractivity contribution in [1.82, 2.24) is 0 Å². The molecule has 2 N–H and O–H groups in total. The summed E-state index contributed by atoms with van der Waals surface area (Å²) in [6.07, 6.45) is 3.24. The zero-order valence-corrected chi connectivity index (χ0v) is 16.6. The third-order valence-electron chi connectivity index (χ3n) is 8.01. The van der Waals surface area contributed by atoms with Gasteiger partial charge in [0.25, 0.3) is 0 Å². The predicted molar refractivity (Wildman–Crippen MR) is 105 cm³/mol. The number of anilines is 1. The number of rotatable bonds is 1. The number of fused-ring (bicyclic) bond motifs is 5. The number of esters is 1. The third kappa shape index (κ3) is 1.96. The van der Waals surface area contributed by atoms with E-state index < -0.39 is 23.1 Å². The Labute approximate surface area is 165 Å². The number of carbonyl (C=O) groups is 1. The number of hydrogen-bond donors (Lipinski definition) is 2. The smallest absolute Gasteiger partial charge is 0.310 e. The summed E-state index contributed by atoms with van der Waals surface area (Å²) in [6.45, 7) is 4.37. The van der Waals surface area contributed by atoms with E-state index in [0.717, 1.165) is 16.8 Å². The van der Waals surface area contributed by atoms with Crippen molar-refractivity contribution in [3.8, 4) is 0 Å². The van der Waals surface area contributed by atoms with Crippen LogP contribution in [0.25, 0.3) is 0 Å². The van der Waals surface area contributed by atoms with Crippen LogP contribution in [0.4, 0.5) is 5.69 Å². The molecule has 2 saturated heterocycles. The number of ether oxygens (including phenoxy) is 1. The van der Waals surface area contributed by atoms with Crippen LogP contribution >= 0.6 is 0 Å². The Hall–Kier alpha value is -1.89. The van der Waals surface area contributed by atoms with Gasteiger partial charge in [-0.2, -0.15) is 0 Å². The molecule has 7 atom stereocenters. The lowest BCUT2D eigenvalue weighted by atomic mass is 9.61. The molecule has 3 aliphatic heterocycles. The average molecular weight is 384 g/mol. The number of benzene rings is 1. The first-order valence-corrected chi connectivity index (χ1v) is 10.2. The zero-order valence-electron chi connectivity index (χ0n) is 16.6. The van der Waals surface area contributed by atoms with Crippen LogP contribution in [0.2, 0.25) is 0 Å². The SMILES string of the molecule is CC=C1C[NH+]([O-])[C@@]2(C)C[C@H]1[C@@H](C(=O)OC)[C@@]13C[C@H](O)C[C@@H]1N2c1ccccc13. The highest BCUT2D eigenvalue weighted by Crippen LogP contribution is 2.64. The second-order valence-electron chi connectivity index (χ2n) is 9.09. The van der Waals surface area contributed by atoms with E-state index in [9.17, 15) is 15.1 Å². The van der Waals surface area contributed by atoms with E-state index in [0.29, 0.717) is 25.8 Å². The second kappa shape index (κ2) is 5.81. The standard InChI is InChI=1S/C22H28N2O4/c1-4-13-12-23(27)21(2)11-15(13)19(20(26)28-3)22-10-14(25)9-18(22)24(21)17-8-6-5-7-16(17)22/h4-8,14-15,18-19,23,25H,9-12H2,1-3H3/t14-,15-,18+,19+,21-,22-/m1/s1. The van der Waals surface area contributed by atoms with E-state index in [4.69, 9.17) is 4.74 Å². The molecule has 0 radical (unpaired) electrons. The van der Waals surface area contributed by atoms with Crippen LogP contribution in [0.3, 0.4) is 0 Å². The summed E-state index contributed by atoms with van der Waals surface area (Å²) in [4.78, 5) is 15.5. The highest BCUT2D eigenvalue weighted by Gasteiger charge is 2.71. The lowest BCUT2D eigenvalue weighted by molar-refractivity contribution is -0.903. The average Bonchev–Trinajstić information content (AvgIpc) is 3.11. The summed E-state index contributed by atoms with van der Waals surface area (Å²) in [6, 6.07) is 8.08. The van der Waals surface area contributed by atoms with E-state index in [1.165, 1.54) is 7.11 Å². The summed E-state index contributed by atoms with van der Waals surface area (Å²) in [5.74, 6) is -0.670. The highest BCUT2D eigenvalue weighted by molar-refractivity contribution is 5.80. The molecule has 1 aliphatic carbocycles. The molecule has 28 heavy (non-hydrogen) atoms. The quantitative estimate of drug-likeness (QED) is 0.431. The summed E-state index contributed by atoms with van der Waals surface area (Å²) >= 11 is 0. The minimum Gasteiger partial charge on any atom is -0.632 e. The van der Waals surface area contributed by atoms with E-state index in [-0.39, 0.29) is 23.0 Å². The minimum atomic E-state index is -0.674. The number of allylic oxidation sites excluding steroid dienone is 1. The topological polar surface area (TPSA) is 77.3 Å². The van der Waals surface area contributed by atoms with Crippen molar-refractivity contribution >= 4 is 11.7 Å². The molecule has 3 fully saturated rings. The van der Waals surface area contributed by atoms with Gasteiger partial charge in [-0.3, -0.25) is 4.79 Å². The largest absolute Gasteiger partial charge is 0.632 e. The van der Waals surface area contributed by atoms with Gasteiger partial charge in [0.1, 0.15) is 6.54 Å². The molecule has 1 aromatic carbocycles. The second-order valence-corrected chi connectivity index (χ2v) is 9.09. The molecular weight excluding hydrogens is 356 g/mol. The molecule has 3 heterocycles. The fourth-order valence-electron chi connectivity index (χ4n) is 6.98. The maximum absolute atomic E-state index is 13.4. The molecule has 4 aliphatic rings. The van der Waals surface area contributed by atoms with E-state index in [1.807, 2.05) is 32.1 Å². The number of nitrogens with zero attached hydrogens (tertiary/aromatic N) is 1. The number of hydroxylamine groups is 2. The summed E-state index contributed by atoms with van der Waals surface area (Å²) < 4.78 is 5.34. The van der Waals surface area contributed by atoms with Crippen LogP contribution in [0.15, 0.2) is 35.9 Å². The van der Waals surface area contributed by atoms with Gasteiger partial charge >= 0.3 is 5.97 Å². The Morgan fingerprint density at radius 3 is 2.86 bits per heavy atom. The summed E-state index contributed by atoms with van der Waals surface area (Å²) in [5, 5.41) is 24.3. The zero-order chi connectivity index (χ0) is 19.8. The molecule has 0 aromatic heterocycles. The van der Waals surface area contributed by atoms with Crippen molar-refractivity contribution in [1.29, 1.82) is 0 Å². The normalized spacial score (nSPS) is 44.8. The fourth-order valence-corrected chi connectivity index (χ4v) is 6.98. The Morgan fingerprint density at radius 2 is 2.14 bits per heavy atom. The molecule has 6 nitrogen and oxygen atoms in total. The van der Waals surface area contributed by atoms with Gasteiger partial charge in [-0.25, -0.2) is 0 Å². The number of para-hydroxylation sites is 1. The molecule has 6 heteroatoms. The fraction of sp³-hybridized carbons (Fsp3) is 0.591. The molecule has 4 bridgehead atoms. The number of quaternary nitrogens is 1. The van der Waals surface area contributed by atoms with Gasteiger partial charge < -0.3 is 25.0 Å². The van der Waals surface area contributed by atoms with Crippen molar-refractivity contribution in [3.63, 3.8) is 0 Å². The maximum Gasteiger partial charge on any atom is 0.310 e. The number of piperidine rings is 1. The predicted octanol–water partition coefficient (Wildman–Crippen LogP) is 1.14. The number of hydrogen-bond acceptors (Lipinski definition) is 5. The van der Waals surface area contributed by atoms with Crippen LogP contribution in [0.1, 0.15) is 38.7 Å². The molecule has 0 amide bonds. The Bertz CT molecular complexity index is 870. The Balaban J connectivity index is 1.85. The number of carbonyl (C=O) groups excluding carboxylic acids is 1. The van der Waals surface area contributed by atoms with Crippen LogP contribution < -0.4 is 9.96 Å². The molecule has 150 valence electrons. The lowest BCUT2D eigenvalue weighted by Gasteiger charge is -2.53. The van der Waals surface area contributed by atoms with Gasteiger partial charge in [0.2, 0.25) is 0 Å². The van der Waals surface area contributed by atoms with Crippen molar-refractivity contribution < 1.29 is 19.7 Å². The van der Waals surface area contributed by atoms with E-state index in [2.05, 4.69) is 17.0 Å². The first-order chi connectivity index (χ1) is 13.4. The van der Waals surface area contributed by atoms with Gasteiger partial charge in [-0.1, -0.05) is 24.3 Å². The number of methoxy groups -OCH3 is 1. The van der Waals surface area contributed by atoms with Crippen LogP contribution in [0.5, 0.6) is 0 Å². The first kappa shape index (κ1) is 18.2. The Kier molecular flexibility index (Phi) is 3.77. The van der Waals surface area contributed by atoms with Gasteiger partial charge in [-0.15, -0.1) is 0 Å². The minimum absolute atomic E-state index is 0.0497. The number of aliphatic hydroxyl groups is 1. The van der Waals surface area contributed by atoms with Crippen molar-refractivity contribution in [3.05, 3.63) is 46.7 Å². The van der Waals surface area contributed by atoms with Crippen molar-refractivity contribution in [2.75, 3.05) is 18.6 Å². The maximum atomic E-state index is 13.4. The molecular formula is C22H28N2O4. The molecule has 0 spiro atoms. The number of aliphatic hydroxyl groups excluding tert-OH is 1. The monoisotopic (exact) mass is 384 g/mol. The van der Waals surface area contributed by atoms with Gasteiger partial charge in [0.15, 0.2) is 5.66 Å². The molecule has 5 rings (SSSR count). The van der Waals surface area contributed by atoms with Crippen molar-refractivity contribution in [2.45, 2.75) is 56.3 Å². The molecule has 1 aromatic rings. The van der Waals surface area contributed by atoms with Crippen molar-refractivity contribution in [2.24, 2.45) is 11.8 Å². The molecule has 1 unspecified atom stereocenters. The number of nitrogens with one attached hydrogen (secondary N) is 1. The first-order valence-electron chi connectivity index (χ1n) is 10.2. The molecule has 1 saturated carbocycles. The van der Waals surface area contributed by atoms with Crippen LogP contribution in [0, 0.1) is 17.0 Å². The van der Waals surface area contributed by atoms with Gasteiger partial charge in [0, 0.05) is 36.4 Å². The van der Waals surface area contributed by atoms with E-state index in [1.54, 1.807) is 0 Å². The van der Waals surface area contributed by atoms with Gasteiger partial charge in [0.05, 0.1) is 19.1 Å². The summed E-state index contributed by atoms with van der Waals surface area (Å²) in [7, 11) is 1.45.